The van der Waals surface area contributed by atoms with Gasteiger partial charge in [-0.25, -0.2) is 9.69 Å². The molecule has 0 unspecified atom stereocenters. The fourth-order valence-corrected chi connectivity index (χ4v) is 8.34. The molecule has 1 aromatic carbocycles. The molecular weight excluding hydrogens is 646 g/mol. The molecule has 3 fully saturated rings. The summed E-state index contributed by atoms with van der Waals surface area (Å²) >= 11 is 0. The van der Waals surface area contributed by atoms with Gasteiger partial charge >= 0.3 is 12.1 Å². The second-order valence-electron chi connectivity index (χ2n) is 17.2. The van der Waals surface area contributed by atoms with Crippen LogP contribution in [-0.2, 0) is 39.4 Å². The number of imide groups is 1. The molecule has 1 spiro atoms. The monoisotopic (exact) mass is 705 g/mol. The van der Waals surface area contributed by atoms with Gasteiger partial charge < -0.3 is 33.6 Å². The van der Waals surface area contributed by atoms with Gasteiger partial charge in [0, 0.05) is 25.7 Å². The molecule has 0 aromatic heterocycles. The first-order chi connectivity index (χ1) is 22.5. The first-order valence-electron chi connectivity index (χ1n) is 17.7. The van der Waals surface area contributed by atoms with Crippen LogP contribution in [-0.4, -0.2) is 95.5 Å². The van der Waals surface area contributed by atoms with Gasteiger partial charge in [-0.15, -0.1) is 0 Å². The number of aliphatic hydroxyl groups excluding tert-OH is 1. The zero-order valence-electron chi connectivity index (χ0n) is 31.1. The van der Waals surface area contributed by atoms with Crippen molar-refractivity contribution in [3.8, 4) is 0 Å². The third kappa shape index (κ3) is 10.4. The third-order valence-electron chi connectivity index (χ3n) is 10.2. The zero-order valence-corrected chi connectivity index (χ0v) is 32.1. The molecule has 276 valence electrons. The number of rotatable bonds is 10. The average molecular weight is 706 g/mol. The molecule has 11 nitrogen and oxygen atoms in total. The van der Waals surface area contributed by atoms with Crippen molar-refractivity contribution < 1.29 is 48.0 Å². The minimum Gasteiger partial charge on any atom is -0.460 e. The van der Waals surface area contributed by atoms with E-state index in [1.165, 1.54) is 0 Å². The van der Waals surface area contributed by atoms with Gasteiger partial charge in [0.05, 0.1) is 48.4 Å². The lowest BCUT2D eigenvalue weighted by atomic mass is 9.80. The van der Waals surface area contributed by atoms with Crippen LogP contribution in [0.2, 0.25) is 18.1 Å². The molecule has 0 radical (unpaired) electrons. The van der Waals surface area contributed by atoms with E-state index in [-0.39, 0.29) is 43.4 Å². The minimum atomic E-state index is -2.25. The Kier molecular flexibility index (Phi) is 11.8. The molecule has 4 rings (SSSR count). The molecule has 0 bridgehead atoms. The van der Waals surface area contributed by atoms with Crippen LogP contribution in [0.4, 0.5) is 4.79 Å². The summed E-state index contributed by atoms with van der Waals surface area (Å²) in [7, 11) is -2.25. The number of amides is 2. The lowest BCUT2D eigenvalue weighted by Gasteiger charge is -2.53. The Morgan fingerprint density at radius 3 is 2.31 bits per heavy atom. The molecule has 3 aliphatic rings. The van der Waals surface area contributed by atoms with Crippen molar-refractivity contribution in [2.75, 3.05) is 6.61 Å². The number of ether oxygens (including phenoxy) is 4. The first-order valence-corrected chi connectivity index (χ1v) is 20.6. The molecule has 8 atom stereocenters. The smallest absolute Gasteiger partial charge is 0.416 e. The molecule has 2 N–H and O–H groups in total. The zero-order chi connectivity index (χ0) is 36.6. The highest BCUT2D eigenvalue weighted by Gasteiger charge is 2.54. The SMILES string of the molecule is C[C@@H](C(=O)N1C(=O)OC[C@H]1Cc1ccccc1)[C@@H](O)C[C@H]1C[C@](C)(O)C[C@@]2(C[C@@H](O[Si](C)(C)C(C)(C)C)C[C@H](CC(=O)OC(C)(C)C)O2)O1. The number of benzene rings is 1. The quantitative estimate of drug-likeness (QED) is 0.224. The Hall–Kier alpha value is -2.35. The number of esters is 1. The molecule has 3 aliphatic heterocycles. The standard InChI is InChI=1S/C37H59NO10Si/c1-24(32(41)38-26(22-44-33(38)42)16-25-14-12-11-13-15-25)30(39)18-28-20-36(8,43)23-37(46-28)21-29(48-49(9,10)35(5,6)7)17-27(45-37)19-31(40)47-34(2,3)4/h11-15,24,26-30,39,43H,16-23H2,1-10H3/t24-,26-,27-,28+,29+,30+,36+,37-/m1/s1. The second-order valence-corrected chi connectivity index (χ2v) is 22.0. The van der Waals surface area contributed by atoms with E-state index in [9.17, 15) is 24.6 Å². The summed E-state index contributed by atoms with van der Waals surface area (Å²) in [6.45, 7) is 19.7. The van der Waals surface area contributed by atoms with Gasteiger partial charge in [-0.2, -0.15) is 0 Å². The summed E-state index contributed by atoms with van der Waals surface area (Å²) in [5.74, 6) is -3.16. The molecule has 2 amide bonds. The third-order valence-corrected chi connectivity index (χ3v) is 14.7. The van der Waals surface area contributed by atoms with Crippen LogP contribution in [0.1, 0.15) is 99.5 Å². The van der Waals surface area contributed by atoms with E-state index in [4.69, 9.17) is 23.4 Å². The van der Waals surface area contributed by atoms with E-state index >= 15 is 0 Å². The number of carbonyl (C=O) groups excluding carboxylic acids is 3. The number of hydrogen-bond acceptors (Lipinski definition) is 10. The molecule has 12 heteroatoms. The van der Waals surface area contributed by atoms with Crippen molar-refractivity contribution in [3.63, 3.8) is 0 Å². The van der Waals surface area contributed by atoms with Crippen LogP contribution < -0.4 is 0 Å². The molecule has 49 heavy (non-hydrogen) atoms. The maximum atomic E-state index is 13.7. The van der Waals surface area contributed by atoms with Crippen molar-refractivity contribution in [2.45, 2.75) is 166 Å². The highest BCUT2D eigenvalue weighted by atomic mass is 28.4. The molecule has 0 saturated carbocycles. The van der Waals surface area contributed by atoms with Crippen LogP contribution >= 0.6 is 0 Å². The number of carbonyl (C=O) groups is 3. The molecule has 1 aromatic rings. The number of nitrogens with zero attached hydrogens (tertiary/aromatic N) is 1. The summed E-state index contributed by atoms with van der Waals surface area (Å²) < 4.78 is 31.0. The Labute approximate surface area is 293 Å². The van der Waals surface area contributed by atoms with Crippen LogP contribution in [0.15, 0.2) is 30.3 Å². The van der Waals surface area contributed by atoms with Crippen LogP contribution in [0.3, 0.4) is 0 Å². The number of cyclic esters (lactones) is 1. The Bertz CT molecular complexity index is 1320. The van der Waals surface area contributed by atoms with Crippen LogP contribution in [0.5, 0.6) is 0 Å². The summed E-state index contributed by atoms with van der Waals surface area (Å²) in [5.41, 5.74) is -0.924. The van der Waals surface area contributed by atoms with Gasteiger partial charge in [0.2, 0.25) is 5.91 Å². The van der Waals surface area contributed by atoms with Crippen molar-refractivity contribution in [3.05, 3.63) is 35.9 Å². The average Bonchev–Trinajstić information content (AvgIpc) is 3.28. The lowest BCUT2D eigenvalue weighted by Crippen LogP contribution is -2.60. The molecule has 0 aliphatic carbocycles. The van der Waals surface area contributed by atoms with Gasteiger partial charge in [0.25, 0.3) is 0 Å². The summed E-state index contributed by atoms with van der Waals surface area (Å²) in [6, 6.07) is 9.07. The van der Waals surface area contributed by atoms with Crippen molar-refractivity contribution in [2.24, 2.45) is 5.92 Å². The summed E-state index contributed by atoms with van der Waals surface area (Å²) in [5, 5.41) is 22.9. The normalized spacial score (nSPS) is 30.9. The van der Waals surface area contributed by atoms with Crippen LogP contribution in [0.25, 0.3) is 0 Å². The lowest BCUT2D eigenvalue weighted by molar-refractivity contribution is -0.350. The van der Waals surface area contributed by atoms with Gasteiger partial charge in [-0.3, -0.25) is 9.59 Å². The fraction of sp³-hybridized carbons (Fsp3) is 0.757. The predicted molar refractivity (Wildman–Crippen MR) is 186 cm³/mol. The van der Waals surface area contributed by atoms with E-state index in [1.807, 2.05) is 51.1 Å². The topological polar surface area (TPSA) is 141 Å². The molecular formula is C37H59NO10Si. The van der Waals surface area contributed by atoms with Gasteiger partial charge in [0.15, 0.2) is 14.1 Å². The minimum absolute atomic E-state index is 0.00318. The van der Waals surface area contributed by atoms with E-state index in [0.29, 0.717) is 19.3 Å². The Morgan fingerprint density at radius 2 is 1.69 bits per heavy atom. The van der Waals surface area contributed by atoms with Gasteiger partial charge in [0.1, 0.15) is 12.2 Å². The summed E-state index contributed by atoms with van der Waals surface area (Å²) in [6.07, 6.45) is -1.88. The fourth-order valence-electron chi connectivity index (χ4n) is 6.98. The van der Waals surface area contributed by atoms with E-state index < -0.39 is 73.5 Å². The second kappa shape index (κ2) is 14.7. The maximum absolute atomic E-state index is 13.7. The first kappa shape index (κ1) is 39.4. The highest BCUT2D eigenvalue weighted by molar-refractivity contribution is 6.74. The van der Waals surface area contributed by atoms with E-state index in [2.05, 4.69) is 33.9 Å². The Morgan fingerprint density at radius 1 is 1.06 bits per heavy atom. The largest absolute Gasteiger partial charge is 0.460 e. The van der Waals surface area contributed by atoms with E-state index in [0.717, 1.165) is 10.5 Å². The van der Waals surface area contributed by atoms with Crippen molar-refractivity contribution >= 4 is 26.3 Å². The number of aliphatic hydroxyl groups is 2. The summed E-state index contributed by atoms with van der Waals surface area (Å²) in [4.78, 5) is 40.4. The van der Waals surface area contributed by atoms with Crippen LogP contribution in [0, 0.1) is 5.92 Å². The molecule has 3 saturated heterocycles. The van der Waals surface area contributed by atoms with E-state index in [1.54, 1.807) is 13.8 Å². The van der Waals surface area contributed by atoms with Gasteiger partial charge in [-0.1, -0.05) is 58.0 Å². The van der Waals surface area contributed by atoms with Crippen molar-refractivity contribution in [1.29, 1.82) is 0 Å². The molecule has 3 heterocycles. The predicted octanol–water partition coefficient (Wildman–Crippen LogP) is 5.89. The Balaban J connectivity index is 1.51. The number of hydrogen-bond donors (Lipinski definition) is 2. The van der Waals surface area contributed by atoms with Gasteiger partial charge in [-0.05, 0) is 64.2 Å². The van der Waals surface area contributed by atoms with Crippen molar-refractivity contribution in [1.82, 2.24) is 4.90 Å². The highest BCUT2D eigenvalue weighted by Crippen LogP contribution is 2.47. The maximum Gasteiger partial charge on any atom is 0.416 e.